The summed E-state index contributed by atoms with van der Waals surface area (Å²) in [6.45, 7) is 3.46. The predicted molar refractivity (Wildman–Crippen MR) is 71.9 cm³/mol. The number of esters is 2. The van der Waals surface area contributed by atoms with Gasteiger partial charge in [0.05, 0.1) is 29.3 Å². The highest BCUT2D eigenvalue weighted by Crippen LogP contribution is 2.23. The van der Waals surface area contributed by atoms with Crippen LogP contribution in [0, 0.1) is 5.82 Å². The average Bonchev–Trinajstić information content (AvgIpc) is 2.33. The van der Waals surface area contributed by atoms with E-state index in [9.17, 15) is 14.0 Å². The zero-order chi connectivity index (χ0) is 15.3. The van der Waals surface area contributed by atoms with E-state index >= 15 is 0 Å². The lowest BCUT2D eigenvalue weighted by molar-refractivity contribution is -0.145. The molecule has 110 valence electrons. The smallest absolute Gasteiger partial charge is 0.340 e. The summed E-state index contributed by atoms with van der Waals surface area (Å²) in [6.07, 6.45) is -0.766. The van der Waals surface area contributed by atoms with Gasteiger partial charge in [-0.2, -0.15) is 0 Å². The molecule has 0 saturated carbocycles. The van der Waals surface area contributed by atoms with Crippen molar-refractivity contribution in [3.05, 3.63) is 28.5 Å². The molecule has 0 aromatic heterocycles. The van der Waals surface area contributed by atoms with Gasteiger partial charge in [-0.15, -0.1) is 0 Å². The topological polar surface area (TPSA) is 78.6 Å². The highest BCUT2D eigenvalue weighted by molar-refractivity contribution is 6.33. The Hall–Kier alpha value is -1.82. The Morgan fingerprint density at radius 2 is 2.10 bits per heavy atom. The van der Waals surface area contributed by atoms with Gasteiger partial charge in [0.15, 0.2) is 0 Å². The number of nitrogen functional groups attached to an aromatic ring is 1. The fourth-order valence-corrected chi connectivity index (χ4v) is 1.69. The second kappa shape index (κ2) is 7.09. The quantitative estimate of drug-likeness (QED) is 0.668. The van der Waals surface area contributed by atoms with Gasteiger partial charge in [-0.25, -0.2) is 9.18 Å². The monoisotopic (exact) mass is 303 g/mol. The molecule has 0 fully saturated rings. The first-order chi connectivity index (χ1) is 9.35. The number of hydrogen-bond acceptors (Lipinski definition) is 5. The molecule has 0 bridgehead atoms. The summed E-state index contributed by atoms with van der Waals surface area (Å²) in [4.78, 5) is 23.1. The van der Waals surface area contributed by atoms with E-state index in [0.29, 0.717) is 0 Å². The van der Waals surface area contributed by atoms with Crippen molar-refractivity contribution in [2.45, 2.75) is 26.4 Å². The molecule has 0 amide bonds. The SMILES string of the molecule is CCOC(=O)C[C@H](C)OC(=O)c1cc(N)c(F)cc1Cl. The molecule has 0 unspecified atom stereocenters. The van der Waals surface area contributed by atoms with Crippen molar-refractivity contribution in [1.29, 1.82) is 0 Å². The first-order valence-electron chi connectivity index (χ1n) is 5.96. The van der Waals surface area contributed by atoms with Gasteiger partial charge >= 0.3 is 11.9 Å². The van der Waals surface area contributed by atoms with Gasteiger partial charge < -0.3 is 15.2 Å². The lowest BCUT2D eigenvalue weighted by Gasteiger charge is -2.13. The van der Waals surface area contributed by atoms with Crippen molar-refractivity contribution in [1.82, 2.24) is 0 Å². The summed E-state index contributed by atoms with van der Waals surface area (Å²) in [5.74, 6) is -1.97. The molecule has 5 nitrogen and oxygen atoms in total. The number of carbonyl (C=O) groups excluding carboxylic acids is 2. The predicted octanol–water partition coefficient (Wildman–Crippen LogP) is 2.56. The Morgan fingerprint density at radius 3 is 2.70 bits per heavy atom. The summed E-state index contributed by atoms with van der Waals surface area (Å²) < 4.78 is 22.9. The lowest BCUT2D eigenvalue weighted by Crippen LogP contribution is -2.20. The third kappa shape index (κ3) is 4.38. The van der Waals surface area contributed by atoms with Crippen LogP contribution in [-0.4, -0.2) is 24.6 Å². The maximum Gasteiger partial charge on any atom is 0.340 e. The van der Waals surface area contributed by atoms with Crippen molar-refractivity contribution in [3.63, 3.8) is 0 Å². The van der Waals surface area contributed by atoms with Crippen molar-refractivity contribution in [3.8, 4) is 0 Å². The lowest BCUT2D eigenvalue weighted by atomic mass is 10.2. The minimum Gasteiger partial charge on any atom is -0.466 e. The zero-order valence-corrected chi connectivity index (χ0v) is 11.9. The summed E-state index contributed by atoms with van der Waals surface area (Å²) in [5.41, 5.74) is 5.10. The van der Waals surface area contributed by atoms with Gasteiger partial charge in [-0.3, -0.25) is 4.79 Å². The Kier molecular flexibility index (Phi) is 5.76. The van der Waals surface area contributed by atoms with E-state index in [2.05, 4.69) is 0 Å². The highest BCUT2D eigenvalue weighted by atomic mass is 35.5. The van der Waals surface area contributed by atoms with Crippen LogP contribution in [0.5, 0.6) is 0 Å². The molecule has 1 aromatic rings. The molecule has 0 aliphatic carbocycles. The van der Waals surface area contributed by atoms with Crippen LogP contribution < -0.4 is 5.73 Å². The number of anilines is 1. The molecular weight excluding hydrogens is 289 g/mol. The third-order valence-electron chi connectivity index (χ3n) is 2.37. The summed E-state index contributed by atoms with van der Waals surface area (Å²) >= 11 is 5.75. The molecule has 1 aromatic carbocycles. The Morgan fingerprint density at radius 1 is 1.45 bits per heavy atom. The molecule has 0 radical (unpaired) electrons. The third-order valence-corrected chi connectivity index (χ3v) is 2.69. The van der Waals surface area contributed by atoms with E-state index in [1.54, 1.807) is 6.92 Å². The Labute approximate surface area is 120 Å². The number of halogens is 2. The van der Waals surface area contributed by atoms with E-state index in [1.807, 2.05) is 0 Å². The van der Waals surface area contributed by atoms with E-state index in [4.69, 9.17) is 26.8 Å². The minimum absolute atomic E-state index is 0.0544. The molecule has 0 heterocycles. The van der Waals surface area contributed by atoms with Crippen LogP contribution >= 0.6 is 11.6 Å². The van der Waals surface area contributed by atoms with Crippen molar-refractivity contribution < 1.29 is 23.5 Å². The standard InChI is InChI=1S/C13H15ClFNO4/c1-3-19-12(17)4-7(2)20-13(18)8-5-11(16)10(15)6-9(8)14/h5-7H,3-4,16H2,1-2H3/t7-/m0/s1. The summed E-state index contributed by atoms with van der Waals surface area (Å²) in [6, 6.07) is 2.03. The molecule has 20 heavy (non-hydrogen) atoms. The fourth-order valence-electron chi connectivity index (χ4n) is 1.46. The van der Waals surface area contributed by atoms with E-state index in [-0.39, 0.29) is 29.3 Å². The van der Waals surface area contributed by atoms with Crippen molar-refractivity contribution >= 4 is 29.2 Å². The van der Waals surface area contributed by atoms with E-state index in [0.717, 1.165) is 12.1 Å². The fraction of sp³-hybridized carbons (Fsp3) is 0.385. The van der Waals surface area contributed by atoms with Crippen molar-refractivity contribution in [2.24, 2.45) is 0 Å². The molecule has 1 rings (SSSR count). The van der Waals surface area contributed by atoms with Gasteiger partial charge in [0, 0.05) is 0 Å². The molecule has 1 atom stereocenters. The second-order valence-electron chi connectivity index (χ2n) is 4.08. The van der Waals surface area contributed by atoms with Gasteiger partial charge in [0.25, 0.3) is 0 Å². The Balaban J connectivity index is 2.72. The molecule has 0 aliphatic heterocycles. The largest absolute Gasteiger partial charge is 0.466 e. The van der Waals surface area contributed by atoms with Crippen LogP contribution in [0.15, 0.2) is 12.1 Å². The first-order valence-corrected chi connectivity index (χ1v) is 6.34. The number of carbonyl (C=O) groups is 2. The normalized spacial score (nSPS) is 11.8. The molecule has 0 aliphatic rings. The minimum atomic E-state index is -0.779. The number of hydrogen-bond donors (Lipinski definition) is 1. The van der Waals surface area contributed by atoms with Crippen LogP contribution in [0.1, 0.15) is 30.6 Å². The van der Waals surface area contributed by atoms with Crippen LogP contribution in [0.4, 0.5) is 10.1 Å². The number of rotatable bonds is 5. The first kappa shape index (κ1) is 16.2. The van der Waals surface area contributed by atoms with E-state index < -0.39 is 23.9 Å². The molecule has 0 saturated heterocycles. The molecule has 7 heteroatoms. The molecule has 0 spiro atoms. The van der Waals surface area contributed by atoms with Crippen LogP contribution in [-0.2, 0) is 14.3 Å². The van der Waals surface area contributed by atoms with Gasteiger partial charge in [-0.05, 0) is 26.0 Å². The summed E-state index contributed by atoms with van der Waals surface area (Å²) in [7, 11) is 0. The van der Waals surface area contributed by atoms with Crippen LogP contribution in [0.3, 0.4) is 0 Å². The number of nitrogens with two attached hydrogens (primary N) is 1. The average molecular weight is 304 g/mol. The summed E-state index contributed by atoms with van der Waals surface area (Å²) in [5, 5.41) is -0.106. The molecule has 2 N–H and O–H groups in total. The maximum atomic E-state index is 13.1. The van der Waals surface area contributed by atoms with Gasteiger partial charge in [0.2, 0.25) is 0 Å². The highest BCUT2D eigenvalue weighted by Gasteiger charge is 2.19. The van der Waals surface area contributed by atoms with Gasteiger partial charge in [-0.1, -0.05) is 11.6 Å². The van der Waals surface area contributed by atoms with Crippen LogP contribution in [0.2, 0.25) is 5.02 Å². The van der Waals surface area contributed by atoms with Crippen molar-refractivity contribution in [2.75, 3.05) is 12.3 Å². The van der Waals surface area contributed by atoms with E-state index in [1.165, 1.54) is 6.92 Å². The van der Waals surface area contributed by atoms with Crippen LogP contribution in [0.25, 0.3) is 0 Å². The molecular formula is C13H15ClFNO4. The number of ether oxygens (including phenoxy) is 2. The van der Waals surface area contributed by atoms with Gasteiger partial charge in [0.1, 0.15) is 11.9 Å². The zero-order valence-electron chi connectivity index (χ0n) is 11.1. The second-order valence-corrected chi connectivity index (χ2v) is 4.49. The Bertz CT molecular complexity index is 521. The number of benzene rings is 1. The maximum absolute atomic E-state index is 13.1.